The van der Waals surface area contributed by atoms with Gasteiger partial charge >= 0.3 is 17.9 Å². The van der Waals surface area contributed by atoms with E-state index < -0.39 is 36.4 Å². The Morgan fingerprint density at radius 2 is 0.941 bits per heavy atom. The molecule has 0 aromatic rings. The number of rotatable bonds is 12. The number of aliphatic hydroxyl groups is 2. The van der Waals surface area contributed by atoms with Gasteiger partial charge < -0.3 is 29.2 Å². The molecule has 2 N–H and O–H groups in total. The van der Waals surface area contributed by atoms with Crippen LogP contribution in [0.4, 0.5) is 0 Å². The summed E-state index contributed by atoms with van der Waals surface area (Å²) in [5.41, 5.74) is 0. The highest BCUT2D eigenvalue weighted by molar-refractivity contribution is 6.76. The first-order valence-corrected chi connectivity index (χ1v) is 30.8. The van der Waals surface area contributed by atoms with Crippen molar-refractivity contribution in [3.8, 4) is 0 Å². The molecule has 0 aromatic carbocycles. The first-order chi connectivity index (χ1) is 23.0. The minimum absolute atomic E-state index is 0. The lowest BCUT2D eigenvalue weighted by Crippen LogP contribution is -2.34. The quantitative estimate of drug-likeness (QED) is 0.0656. The molecule has 0 spiro atoms. The van der Waals surface area contributed by atoms with E-state index in [-0.39, 0.29) is 53.8 Å². The molecule has 0 aromatic heterocycles. The Balaban J connectivity index is 0.000000379. The third kappa shape index (κ3) is 20.7. The Kier molecular flexibility index (Phi) is 21.1. The van der Waals surface area contributed by atoms with Crippen LogP contribution in [0.3, 0.4) is 0 Å². The van der Waals surface area contributed by atoms with Crippen LogP contribution in [0, 0.1) is 17.8 Å². The summed E-state index contributed by atoms with van der Waals surface area (Å²) in [5, 5.41) is 18.6. The van der Waals surface area contributed by atoms with Crippen molar-refractivity contribution < 1.29 is 43.5 Å². The second kappa shape index (κ2) is 22.2. The molecule has 3 saturated carbocycles. The van der Waals surface area contributed by atoms with Crippen LogP contribution in [0.15, 0.2) is 0 Å². The fourth-order valence-electron chi connectivity index (χ4n) is 5.98. The maximum absolute atomic E-state index is 11.8. The highest BCUT2D eigenvalue weighted by atomic mass is 35.5. The molecule has 14 heteroatoms. The van der Waals surface area contributed by atoms with Crippen molar-refractivity contribution in [2.24, 2.45) is 17.8 Å². The lowest BCUT2D eigenvalue weighted by atomic mass is 9.87. The number of halogens is 2. The molecule has 1 heterocycles. The van der Waals surface area contributed by atoms with Gasteiger partial charge in [0.1, 0.15) is 0 Å². The molecule has 0 radical (unpaired) electrons. The van der Waals surface area contributed by atoms with Crippen LogP contribution in [-0.4, -0.2) is 107 Å². The Hall–Kier alpha value is -0.479. The zero-order chi connectivity index (χ0) is 37.9. The van der Waals surface area contributed by atoms with Gasteiger partial charge in [0.2, 0.25) is 0 Å². The van der Waals surface area contributed by atoms with Crippen molar-refractivity contribution >= 4 is 65.3 Å². The smallest absolute Gasteiger partial charge is 0.309 e. The summed E-state index contributed by atoms with van der Waals surface area (Å²) in [4.78, 5) is 35.3. The summed E-state index contributed by atoms with van der Waals surface area (Å²) < 4.78 is 21.4. The van der Waals surface area contributed by atoms with Crippen molar-refractivity contribution in [3.05, 3.63) is 0 Å². The molecule has 9 nitrogen and oxygen atoms in total. The number of hydrogen-bond donors (Lipinski definition) is 2. The maximum atomic E-state index is 11.8. The van der Waals surface area contributed by atoms with Crippen LogP contribution in [0.2, 0.25) is 77.1 Å². The number of esters is 3. The molecule has 4 fully saturated rings. The zero-order valence-electron chi connectivity index (χ0n) is 32.3. The fourth-order valence-corrected chi connectivity index (χ4v) is 8.70. The van der Waals surface area contributed by atoms with Crippen molar-refractivity contribution in [2.45, 2.75) is 177 Å². The normalized spacial score (nSPS) is 30.4. The number of aliphatic hydroxyl groups excluding tert-OH is 2. The average molecular weight is 816 g/mol. The molecule has 4 rings (SSSR count). The topological polar surface area (TPSA) is 132 Å². The molecule has 1 aliphatic heterocycles. The highest BCUT2D eigenvalue weighted by Crippen LogP contribution is 2.40. The van der Waals surface area contributed by atoms with E-state index in [1.54, 1.807) is 0 Å². The minimum atomic E-state index is -1.15. The molecule has 0 amide bonds. The van der Waals surface area contributed by atoms with E-state index in [9.17, 15) is 24.6 Å². The Morgan fingerprint density at radius 1 is 0.549 bits per heavy atom. The van der Waals surface area contributed by atoms with Crippen molar-refractivity contribution in [3.63, 3.8) is 0 Å². The summed E-state index contributed by atoms with van der Waals surface area (Å²) in [6.07, 6.45) is 6.36. The Morgan fingerprint density at radius 3 is 1.33 bits per heavy atom. The van der Waals surface area contributed by atoms with Crippen LogP contribution < -0.4 is 0 Å². The van der Waals surface area contributed by atoms with Crippen LogP contribution in [-0.2, 0) is 33.3 Å². The monoisotopic (exact) mass is 814 g/mol. The Labute approximate surface area is 322 Å². The summed E-state index contributed by atoms with van der Waals surface area (Å²) in [6, 6.07) is 3.05. The zero-order valence-corrected chi connectivity index (χ0v) is 36.8. The third-order valence-electron chi connectivity index (χ3n) is 9.77. The molecule has 3 aliphatic carbocycles. The van der Waals surface area contributed by atoms with E-state index in [0.29, 0.717) is 64.1 Å². The number of carbonyl (C=O) groups is 3. The second-order valence-electron chi connectivity index (χ2n) is 18.3. The number of alkyl halides is 2. The van der Waals surface area contributed by atoms with Crippen LogP contribution >= 0.6 is 23.2 Å². The summed E-state index contributed by atoms with van der Waals surface area (Å²) >= 11 is 11.9. The molecule has 9 unspecified atom stereocenters. The SMILES string of the molecule is C.C[Si](C)(C)CCOC(=O)C1CCC(Cl)C(O)C1.C[Si](C)(C)CCOC(=O)C1CCC(O)C(Cl)C1.C[Si](C)(C)CCOC(=O)C1CCC2OC2C1. The van der Waals surface area contributed by atoms with Gasteiger partial charge in [-0.1, -0.05) is 66.3 Å². The van der Waals surface area contributed by atoms with Gasteiger partial charge in [-0.2, -0.15) is 0 Å². The summed E-state index contributed by atoms with van der Waals surface area (Å²) in [6.45, 7) is 22.1. The first kappa shape index (κ1) is 48.5. The lowest BCUT2D eigenvalue weighted by molar-refractivity contribution is -0.151. The average Bonchev–Trinajstić information content (AvgIpc) is 3.78. The lowest BCUT2D eigenvalue weighted by Gasteiger charge is -2.28. The predicted molar refractivity (Wildman–Crippen MR) is 216 cm³/mol. The van der Waals surface area contributed by atoms with Gasteiger partial charge in [-0.05, 0) is 75.9 Å². The van der Waals surface area contributed by atoms with Gasteiger partial charge in [0.05, 0.1) is 72.7 Å². The molecule has 4 aliphatic rings. The second-order valence-corrected chi connectivity index (χ2v) is 36.3. The van der Waals surface area contributed by atoms with Crippen molar-refractivity contribution in [1.82, 2.24) is 0 Å². The molecule has 51 heavy (non-hydrogen) atoms. The van der Waals surface area contributed by atoms with Gasteiger partial charge in [0, 0.05) is 24.2 Å². The maximum Gasteiger partial charge on any atom is 0.309 e. The minimum Gasteiger partial charge on any atom is -0.466 e. The van der Waals surface area contributed by atoms with Crippen LogP contribution in [0.1, 0.15) is 65.2 Å². The van der Waals surface area contributed by atoms with Crippen LogP contribution in [0.5, 0.6) is 0 Å². The number of hydrogen-bond acceptors (Lipinski definition) is 9. The van der Waals surface area contributed by atoms with Gasteiger partial charge in [-0.25, -0.2) is 0 Å². The molecule has 9 atom stereocenters. The van der Waals surface area contributed by atoms with E-state index in [1.165, 1.54) is 0 Å². The van der Waals surface area contributed by atoms with Crippen LogP contribution in [0.25, 0.3) is 0 Å². The largest absolute Gasteiger partial charge is 0.466 e. The molecule has 1 saturated heterocycles. The molecule has 300 valence electrons. The molecular formula is C37H72Cl2O9Si3. The summed E-state index contributed by atoms with van der Waals surface area (Å²) in [7, 11) is -3.37. The number of epoxide rings is 1. The standard InChI is InChI=1S/2C12H23ClO3Si.C12H22O3Si.CH4/c1-17(2,3)7-6-16-12(15)9-4-5-11(14)10(13)8-9;1-17(2,3)7-6-16-12(15)9-4-5-10(13)11(14)8-9;1-16(2,3)7-6-14-12(13)9-4-5-10-11(8-9)15-10;/h2*9-11,14H,4-8H2,1-3H3;9-11H,4-8H2,1-3H3;1H4. The summed E-state index contributed by atoms with van der Waals surface area (Å²) in [5.74, 6) is -0.478. The fraction of sp³-hybridized carbons (Fsp3) is 0.919. The van der Waals surface area contributed by atoms with Gasteiger partial charge in [-0.3, -0.25) is 14.4 Å². The molecule has 0 bridgehead atoms. The van der Waals surface area contributed by atoms with Crippen molar-refractivity contribution in [1.29, 1.82) is 0 Å². The van der Waals surface area contributed by atoms with Crippen molar-refractivity contribution in [2.75, 3.05) is 19.8 Å². The number of ether oxygens (including phenoxy) is 4. The highest BCUT2D eigenvalue weighted by Gasteiger charge is 2.46. The van der Waals surface area contributed by atoms with E-state index >= 15 is 0 Å². The van der Waals surface area contributed by atoms with Gasteiger partial charge in [0.15, 0.2) is 0 Å². The first-order valence-electron chi connectivity index (χ1n) is 18.8. The van der Waals surface area contributed by atoms with E-state index in [2.05, 4.69) is 58.9 Å². The molecular weight excluding hydrogens is 744 g/mol. The number of carbonyl (C=O) groups excluding carboxylic acids is 3. The van der Waals surface area contributed by atoms with Gasteiger partial charge in [0.25, 0.3) is 0 Å². The van der Waals surface area contributed by atoms with E-state index in [0.717, 1.165) is 43.8 Å². The Bertz CT molecular complexity index is 1010. The van der Waals surface area contributed by atoms with E-state index in [4.69, 9.17) is 42.1 Å². The predicted octanol–water partition coefficient (Wildman–Crippen LogP) is 8.34. The van der Waals surface area contributed by atoms with Gasteiger partial charge in [-0.15, -0.1) is 23.2 Å². The third-order valence-corrected chi connectivity index (χ3v) is 15.9. The van der Waals surface area contributed by atoms with E-state index in [1.807, 2.05) is 0 Å². The number of fused-ring (bicyclic) bond motifs is 1.